The van der Waals surface area contributed by atoms with Crippen LogP contribution in [0.5, 0.6) is 0 Å². The maximum absolute atomic E-state index is 13.1. The van der Waals surface area contributed by atoms with Crippen LogP contribution in [0.3, 0.4) is 0 Å². The first-order chi connectivity index (χ1) is 17.3. The summed E-state index contributed by atoms with van der Waals surface area (Å²) in [6.45, 7) is 2.27. The van der Waals surface area contributed by atoms with Gasteiger partial charge in [-0.2, -0.15) is 26.3 Å². The Hall–Kier alpha value is -2.93. The third-order valence-electron chi connectivity index (χ3n) is 6.83. The van der Waals surface area contributed by atoms with E-state index in [1.807, 2.05) is 4.90 Å². The minimum atomic E-state index is -4.57. The van der Waals surface area contributed by atoms with Crippen molar-refractivity contribution in [1.82, 2.24) is 19.8 Å². The van der Waals surface area contributed by atoms with E-state index < -0.39 is 29.2 Å². The van der Waals surface area contributed by atoms with E-state index in [0.717, 1.165) is 24.4 Å². The Morgan fingerprint density at radius 1 is 0.946 bits per heavy atom. The van der Waals surface area contributed by atoms with Crippen molar-refractivity contribution in [3.63, 3.8) is 0 Å². The zero-order valence-corrected chi connectivity index (χ0v) is 19.9. The van der Waals surface area contributed by atoms with Crippen LogP contribution in [0, 0.1) is 0 Å². The van der Waals surface area contributed by atoms with Crippen LogP contribution in [-0.4, -0.2) is 76.6 Å². The third-order valence-corrected chi connectivity index (χ3v) is 6.83. The zero-order chi connectivity index (χ0) is 26.8. The van der Waals surface area contributed by atoms with Crippen molar-refractivity contribution in [2.45, 2.75) is 37.2 Å². The Morgan fingerprint density at radius 3 is 2.35 bits per heavy atom. The lowest BCUT2D eigenvalue weighted by Crippen LogP contribution is -2.48. The number of nitrogens with zero attached hydrogens (tertiary/aromatic N) is 5. The fourth-order valence-corrected chi connectivity index (χ4v) is 4.68. The van der Waals surface area contributed by atoms with Crippen LogP contribution < -0.4 is 4.90 Å². The van der Waals surface area contributed by atoms with Gasteiger partial charge in [-0.05, 0) is 43.0 Å². The molecule has 202 valence electrons. The molecule has 2 aromatic rings. The molecule has 0 spiro atoms. The van der Waals surface area contributed by atoms with Gasteiger partial charge in [0.25, 0.3) is 0 Å². The lowest BCUT2D eigenvalue weighted by atomic mass is 9.83. The molecule has 4 rings (SSSR count). The quantitative estimate of drug-likeness (QED) is 0.609. The molecule has 13 heteroatoms. The van der Waals surface area contributed by atoms with Gasteiger partial charge in [0.15, 0.2) is 0 Å². The van der Waals surface area contributed by atoms with Crippen molar-refractivity contribution in [1.29, 1.82) is 0 Å². The Kier molecular flexibility index (Phi) is 7.65. The van der Waals surface area contributed by atoms with Crippen LogP contribution in [0.1, 0.15) is 36.1 Å². The highest BCUT2D eigenvalue weighted by molar-refractivity contribution is 5.78. The second-order valence-corrected chi connectivity index (χ2v) is 9.35. The smallest absolute Gasteiger partial charge is 0.385 e. The van der Waals surface area contributed by atoms with Crippen LogP contribution in [0.4, 0.5) is 32.3 Å². The molecule has 0 radical (unpaired) electrons. The molecule has 1 amide bonds. The number of anilines is 1. The molecule has 2 aliphatic heterocycles. The maximum atomic E-state index is 13.1. The van der Waals surface area contributed by atoms with E-state index in [4.69, 9.17) is 0 Å². The molecular weight excluding hydrogens is 504 g/mol. The fraction of sp³-hybridized carbons (Fsp3) is 0.542. The average molecular weight is 532 g/mol. The lowest BCUT2D eigenvalue weighted by molar-refractivity contribution is -0.141. The van der Waals surface area contributed by atoms with Gasteiger partial charge in [-0.25, -0.2) is 9.97 Å². The minimum Gasteiger partial charge on any atom is -0.385 e. The Morgan fingerprint density at radius 2 is 1.68 bits per heavy atom. The van der Waals surface area contributed by atoms with Gasteiger partial charge in [-0.3, -0.25) is 9.69 Å². The average Bonchev–Trinajstić information content (AvgIpc) is 3.09. The SMILES string of the molecule is O=C(CN1CCCN(c2nccc(C(F)(F)F)n2)CC1)N1CCC(O)(c2cccc(C(F)(F)F)c2)CC1. The van der Waals surface area contributed by atoms with Gasteiger partial charge < -0.3 is 14.9 Å². The van der Waals surface area contributed by atoms with Gasteiger partial charge in [0.05, 0.1) is 17.7 Å². The van der Waals surface area contributed by atoms with Crippen molar-refractivity contribution in [3.8, 4) is 0 Å². The molecule has 1 aromatic carbocycles. The predicted molar refractivity (Wildman–Crippen MR) is 121 cm³/mol. The van der Waals surface area contributed by atoms with Gasteiger partial charge in [0, 0.05) is 45.5 Å². The summed E-state index contributed by atoms with van der Waals surface area (Å²) in [5.41, 5.74) is -3.11. The lowest BCUT2D eigenvalue weighted by Gasteiger charge is -2.39. The van der Waals surface area contributed by atoms with Crippen molar-refractivity contribution >= 4 is 11.9 Å². The number of carbonyl (C=O) groups excluding carboxylic acids is 1. The van der Waals surface area contributed by atoms with E-state index in [-0.39, 0.29) is 49.9 Å². The molecule has 3 heterocycles. The number of rotatable bonds is 4. The number of hydrogen-bond donors (Lipinski definition) is 1. The second-order valence-electron chi connectivity index (χ2n) is 9.35. The number of likely N-dealkylation sites (tertiary alicyclic amines) is 1. The van der Waals surface area contributed by atoms with E-state index in [2.05, 4.69) is 9.97 Å². The number of alkyl halides is 6. The zero-order valence-electron chi connectivity index (χ0n) is 19.9. The molecule has 1 N–H and O–H groups in total. The molecule has 0 unspecified atom stereocenters. The molecule has 0 atom stereocenters. The number of piperidine rings is 1. The maximum Gasteiger partial charge on any atom is 0.433 e. The van der Waals surface area contributed by atoms with E-state index in [1.165, 1.54) is 12.1 Å². The van der Waals surface area contributed by atoms with E-state index in [1.54, 1.807) is 9.80 Å². The van der Waals surface area contributed by atoms with Crippen LogP contribution >= 0.6 is 0 Å². The van der Waals surface area contributed by atoms with E-state index in [9.17, 15) is 36.2 Å². The highest BCUT2D eigenvalue weighted by atomic mass is 19.4. The summed E-state index contributed by atoms with van der Waals surface area (Å²) in [6.07, 6.45) is -7.18. The number of amides is 1. The molecule has 0 aliphatic carbocycles. The topological polar surface area (TPSA) is 72.8 Å². The highest BCUT2D eigenvalue weighted by Gasteiger charge is 2.38. The van der Waals surface area contributed by atoms with Gasteiger partial charge >= 0.3 is 12.4 Å². The van der Waals surface area contributed by atoms with Crippen molar-refractivity contribution < 1.29 is 36.2 Å². The van der Waals surface area contributed by atoms with Crippen molar-refractivity contribution in [2.24, 2.45) is 0 Å². The number of benzene rings is 1. The monoisotopic (exact) mass is 531 g/mol. The van der Waals surface area contributed by atoms with Gasteiger partial charge in [-0.15, -0.1) is 0 Å². The third kappa shape index (κ3) is 6.50. The summed E-state index contributed by atoms with van der Waals surface area (Å²) in [6, 6.07) is 5.45. The Bertz CT molecular complexity index is 1100. The van der Waals surface area contributed by atoms with Crippen molar-refractivity contribution in [2.75, 3.05) is 50.7 Å². The summed E-state index contributed by atoms with van der Waals surface area (Å²) in [5, 5.41) is 11.0. The summed E-state index contributed by atoms with van der Waals surface area (Å²) < 4.78 is 78.2. The number of aliphatic hydroxyl groups is 1. The molecular formula is C24H27F6N5O2. The molecule has 2 fully saturated rings. The molecule has 0 bridgehead atoms. The molecule has 2 saturated heterocycles. The summed E-state index contributed by atoms with van der Waals surface area (Å²) in [7, 11) is 0. The van der Waals surface area contributed by atoms with Gasteiger partial charge in [0.2, 0.25) is 11.9 Å². The van der Waals surface area contributed by atoms with Crippen LogP contribution in [0.15, 0.2) is 36.5 Å². The number of carbonyl (C=O) groups is 1. The van der Waals surface area contributed by atoms with Gasteiger partial charge in [-0.1, -0.05) is 12.1 Å². The van der Waals surface area contributed by atoms with E-state index >= 15 is 0 Å². The van der Waals surface area contributed by atoms with E-state index in [0.29, 0.717) is 32.6 Å². The minimum absolute atomic E-state index is 0.00656. The fourth-order valence-electron chi connectivity index (χ4n) is 4.68. The number of halogens is 6. The Labute approximate surface area is 209 Å². The number of hydrogen-bond acceptors (Lipinski definition) is 6. The second kappa shape index (κ2) is 10.4. The largest absolute Gasteiger partial charge is 0.433 e. The highest BCUT2D eigenvalue weighted by Crippen LogP contribution is 2.37. The van der Waals surface area contributed by atoms with Crippen LogP contribution in [0.25, 0.3) is 0 Å². The Balaban J connectivity index is 1.31. The predicted octanol–water partition coefficient (Wildman–Crippen LogP) is 3.54. The standard InChI is InChI=1S/C24H27F6N5O2/c25-23(26,27)18-4-1-3-17(15-18)22(37)6-11-34(12-7-22)20(36)16-33-9-2-10-35(14-13-33)21-31-8-5-19(32-21)24(28,29)30/h1,3-5,8,15,37H,2,6-7,9-14,16H2. The molecule has 7 nitrogen and oxygen atoms in total. The molecule has 37 heavy (non-hydrogen) atoms. The van der Waals surface area contributed by atoms with Gasteiger partial charge in [0.1, 0.15) is 5.69 Å². The van der Waals surface area contributed by atoms with Crippen molar-refractivity contribution in [3.05, 3.63) is 53.3 Å². The summed E-state index contributed by atoms with van der Waals surface area (Å²) in [5.74, 6) is -0.178. The molecule has 0 saturated carbocycles. The first kappa shape index (κ1) is 27.1. The van der Waals surface area contributed by atoms with Crippen LogP contribution in [0.2, 0.25) is 0 Å². The first-order valence-corrected chi connectivity index (χ1v) is 11.9. The summed E-state index contributed by atoms with van der Waals surface area (Å²) >= 11 is 0. The summed E-state index contributed by atoms with van der Waals surface area (Å²) in [4.78, 5) is 25.7. The van der Waals surface area contributed by atoms with Crippen LogP contribution in [-0.2, 0) is 22.7 Å². The number of aromatic nitrogens is 2. The normalized spacial score (nSPS) is 19.5. The molecule has 2 aliphatic rings. The first-order valence-electron chi connectivity index (χ1n) is 11.9. The molecule has 1 aromatic heterocycles.